The summed E-state index contributed by atoms with van der Waals surface area (Å²) in [6, 6.07) is 6.44. The third-order valence-electron chi connectivity index (χ3n) is 3.68. The zero-order chi connectivity index (χ0) is 17.5. The molecule has 8 heteroatoms. The molecule has 0 spiro atoms. The zero-order valence-corrected chi connectivity index (χ0v) is 14.1. The van der Waals surface area contributed by atoms with E-state index in [1.54, 1.807) is 41.0 Å². The standard InChI is InChI=1S/C16H19ClN4O3/c1-12(10-15(23)21-8-6-20(11-22)7-9-21)18-19-16(24)13-2-4-14(17)5-3-13/h2-5,11H,6-10H2,1H3,(H,19,24)/b18-12-. The van der Waals surface area contributed by atoms with Gasteiger partial charge in [0.05, 0.1) is 6.42 Å². The number of carbonyl (C=O) groups excluding carboxylic acids is 3. The van der Waals surface area contributed by atoms with Crippen LogP contribution in [0.15, 0.2) is 29.4 Å². The maximum atomic E-state index is 12.2. The van der Waals surface area contributed by atoms with Gasteiger partial charge < -0.3 is 9.80 Å². The average Bonchev–Trinajstić information content (AvgIpc) is 2.60. The summed E-state index contributed by atoms with van der Waals surface area (Å²) >= 11 is 5.77. The van der Waals surface area contributed by atoms with Crippen molar-refractivity contribution in [3.8, 4) is 0 Å². The van der Waals surface area contributed by atoms with Crippen molar-refractivity contribution in [1.82, 2.24) is 15.2 Å². The van der Waals surface area contributed by atoms with Crippen molar-refractivity contribution in [3.05, 3.63) is 34.9 Å². The van der Waals surface area contributed by atoms with Gasteiger partial charge in [0.15, 0.2) is 0 Å². The molecule has 24 heavy (non-hydrogen) atoms. The van der Waals surface area contributed by atoms with E-state index in [9.17, 15) is 14.4 Å². The van der Waals surface area contributed by atoms with Crippen molar-refractivity contribution in [1.29, 1.82) is 0 Å². The highest BCUT2D eigenvalue weighted by Gasteiger charge is 2.20. The van der Waals surface area contributed by atoms with Crippen LogP contribution in [0.2, 0.25) is 5.02 Å². The van der Waals surface area contributed by atoms with Gasteiger partial charge in [0.2, 0.25) is 12.3 Å². The molecule has 1 aromatic carbocycles. The Balaban J connectivity index is 1.83. The lowest BCUT2D eigenvalue weighted by molar-refractivity contribution is -0.134. The van der Waals surface area contributed by atoms with Crippen LogP contribution in [0.5, 0.6) is 0 Å². The number of hydrazone groups is 1. The molecule has 0 saturated carbocycles. The number of rotatable bonds is 5. The number of piperazine rings is 1. The van der Waals surface area contributed by atoms with Gasteiger partial charge in [-0.05, 0) is 31.2 Å². The minimum atomic E-state index is -0.363. The normalized spacial score (nSPS) is 15.2. The number of amides is 3. The number of halogens is 1. The van der Waals surface area contributed by atoms with Gasteiger partial charge in [0.1, 0.15) is 0 Å². The fraction of sp³-hybridized carbons (Fsp3) is 0.375. The first-order chi connectivity index (χ1) is 11.5. The monoisotopic (exact) mass is 350 g/mol. The number of hydrogen-bond acceptors (Lipinski definition) is 4. The molecule has 0 bridgehead atoms. The molecule has 3 amide bonds. The number of benzene rings is 1. The average molecular weight is 351 g/mol. The third-order valence-corrected chi connectivity index (χ3v) is 3.93. The first-order valence-corrected chi connectivity index (χ1v) is 7.93. The Morgan fingerprint density at radius 3 is 2.42 bits per heavy atom. The Labute approximate surface area is 145 Å². The van der Waals surface area contributed by atoms with Gasteiger partial charge in [-0.25, -0.2) is 5.43 Å². The Morgan fingerprint density at radius 1 is 1.21 bits per heavy atom. The molecule has 1 N–H and O–H groups in total. The highest BCUT2D eigenvalue weighted by molar-refractivity contribution is 6.30. The number of hydrogen-bond donors (Lipinski definition) is 1. The topological polar surface area (TPSA) is 82.1 Å². The Kier molecular flexibility index (Phi) is 6.31. The van der Waals surface area contributed by atoms with Crippen molar-refractivity contribution < 1.29 is 14.4 Å². The first-order valence-electron chi connectivity index (χ1n) is 7.56. The predicted octanol–water partition coefficient (Wildman–Crippen LogP) is 1.14. The van der Waals surface area contributed by atoms with Crippen LogP contribution in [0, 0.1) is 0 Å². The van der Waals surface area contributed by atoms with Crippen LogP contribution in [-0.2, 0) is 9.59 Å². The zero-order valence-electron chi connectivity index (χ0n) is 13.4. The van der Waals surface area contributed by atoms with E-state index in [0.29, 0.717) is 42.5 Å². The van der Waals surface area contributed by atoms with Crippen LogP contribution in [0.3, 0.4) is 0 Å². The SMILES string of the molecule is C/C(CC(=O)N1CCN(C=O)CC1)=N/NC(=O)c1ccc(Cl)cc1. The van der Waals surface area contributed by atoms with Crippen molar-refractivity contribution in [3.63, 3.8) is 0 Å². The Hall–Kier alpha value is -2.41. The van der Waals surface area contributed by atoms with Gasteiger partial charge in [-0.2, -0.15) is 5.10 Å². The molecular weight excluding hydrogens is 332 g/mol. The highest BCUT2D eigenvalue weighted by atomic mass is 35.5. The van der Waals surface area contributed by atoms with Gasteiger partial charge in [-0.1, -0.05) is 11.6 Å². The van der Waals surface area contributed by atoms with E-state index in [0.717, 1.165) is 6.41 Å². The van der Waals surface area contributed by atoms with E-state index in [1.165, 1.54) is 0 Å². The molecular formula is C16H19ClN4O3. The smallest absolute Gasteiger partial charge is 0.271 e. The van der Waals surface area contributed by atoms with Crippen LogP contribution in [0.25, 0.3) is 0 Å². The summed E-state index contributed by atoms with van der Waals surface area (Å²) in [6.45, 7) is 3.79. The summed E-state index contributed by atoms with van der Waals surface area (Å²) in [4.78, 5) is 38.1. The largest absolute Gasteiger partial charge is 0.342 e. The van der Waals surface area contributed by atoms with Crippen LogP contribution >= 0.6 is 11.6 Å². The van der Waals surface area contributed by atoms with Crippen molar-refractivity contribution in [2.75, 3.05) is 26.2 Å². The summed E-state index contributed by atoms with van der Waals surface area (Å²) in [6.07, 6.45) is 0.919. The van der Waals surface area contributed by atoms with Gasteiger partial charge in [-0.3, -0.25) is 14.4 Å². The summed E-state index contributed by atoms with van der Waals surface area (Å²) in [5, 5.41) is 4.51. The van der Waals surface area contributed by atoms with Crippen molar-refractivity contribution in [2.45, 2.75) is 13.3 Å². The molecule has 0 atom stereocenters. The summed E-state index contributed by atoms with van der Waals surface area (Å²) in [5.74, 6) is -0.430. The van der Waals surface area contributed by atoms with E-state index in [1.807, 2.05) is 0 Å². The minimum Gasteiger partial charge on any atom is -0.342 e. The van der Waals surface area contributed by atoms with E-state index in [2.05, 4.69) is 10.5 Å². The molecule has 0 aliphatic carbocycles. The first kappa shape index (κ1) is 17.9. The molecule has 1 aromatic rings. The van der Waals surface area contributed by atoms with Gasteiger partial charge in [0.25, 0.3) is 5.91 Å². The van der Waals surface area contributed by atoms with Crippen molar-refractivity contribution >= 4 is 35.5 Å². The molecule has 0 aromatic heterocycles. The molecule has 128 valence electrons. The summed E-state index contributed by atoms with van der Waals surface area (Å²) in [5.41, 5.74) is 3.37. The second-order valence-electron chi connectivity index (χ2n) is 5.49. The van der Waals surface area contributed by atoms with Crippen LogP contribution in [-0.4, -0.2) is 59.9 Å². The predicted molar refractivity (Wildman–Crippen MR) is 90.9 cm³/mol. The molecule has 1 heterocycles. The summed E-state index contributed by atoms with van der Waals surface area (Å²) in [7, 11) is 0. The molecule has 0 radical (unpaired) electrons. The molecule has 7 nitrogen and oxygen atoms in total. The Bertz CT molecular complexity index is 637. The third kappa shape index (κ3) is 5.06. The number of nitrogens with zero attached hydrogens (tertiary/aromatic N) is 3. The molecule has 0 unspecified atom stereocenters. The molecule has 1 aliphatic heterocycles. The summed E-state index contributed by atoms with van der Waals surface area (Å²) < 4.78 is 0. The van der Waals surface area contributed by atoms with E-state index < -0.39 is 0 Å². The van der Waals surface area contributed by atoms with Crippen LogP contribution in [0.1, 0.15) is 23.7 Å². The second kappa shape index (κ2) is 8.44. The lowest BCUT2D eigenvalue weighted by Gasteiger charge is -2.32. The van der Waals surface area contributed by atoms with Gasteiger partial charge in [-0.15, -0.1) is 0 Å². The van der Waals surface area contributed by atoms with Gasteiger partial charge in [0, 0.05) is 42.5 Å². The van der Waals surface area contributed by atoms with Crippen LogP contribution in [0.4, 0.5) is 0 Å². The van der Waals surface area contributed by atoms with E-state index in [-0.39, 0.29) is 18.2 Å². The van der Waals surface area contributed by atoms with Gasteiger partial charge >= 0.3 is 0 Å². The minimum absolute atomic E-state index is 0.0671. The fourth-order valence-corrected chi connectivity index (χ4v) is 2.38. The number of nitrogens with one attached hydrogen (secondary N) is 1. The molecule has 1 fully saturated rings. The highest BCUT2D eigenvalue weighted by Crippen LogP contribution is 2.09. The second-order valence-corrected chi connectivity index (χ2v) is 5.93. The Morgan fingerprint density at radius 2 is 1.83 bits per heavy atom. The lowest BCUT2D eigenvalue weighted by atomic mass is 10.2. The molecule has 1 aliphatic rings. The maximum Gasteiger partial charge on any atom is 0.271 e. The van der Waals surface area contributed by atoms with Crippen LogP contribution < -0.4 is 5.43 Å². The van der Waals surface area contributed by atoms with E-state index >= 15 is 0 Å². The maximum absolute atomic E-state index is 12.2. The quantitative estimate of drug-likeness (QED) is 0.491. The molecule has 1 saturated heterocycles. The van der Waals surface area contributed by atoms with E-state index in [4.69, 9.17) is 11.6 Å². The number of carbonyl (C=O) groups is 3. The molecule has 2 rings (SSSR count). The lowest BCUT2D eigenvalue weighted by Crippen LogP contribution is -2.48. The van der Waals surface area contributed by atoms with Crippen molar-refractivity contribution in [2.24, 2.45) is 5.10 Å². The fourth-order valence-electron chi connectivity index (χ4n) is 2.26.